The van der Waals surface area contributed by atoms with Crippen LogP contribution >= 0.6 is 24.8 Å². The molecule has 0 aromatic rings. The Labute approximate surface area is 181 Å². The molecule has 24 heavy (non-hydrogen) atoms. The minimum absolute atomic E-state index is 0. The third kappa shape index (κ3) is 24.9. The first-order chi connectivity index (χ1) is 10.4. The third-order valence-electron chi connectivity index (χ3n) is 2.72. The molecule has 2 aliphatic rings. The van der Waals surface area contributed by atoms with E-state index in [4.69, 9.17) is 0 Å². The molecule has 0 radical (unpaired) electrons. The predicted molar refractivity (Wildman–Crippen MR) is 116 cm³/mol. The fourth-order valence-corrected chi connectivity index (χ4v) is 1.24. The Balaban J connectivity index is -0.0000000671. The Morgan fingerprint density at radius 2 is 0.958 bits per heavy atom. The molecule has 0 saturated heterocycles. The summed E-state index contributed by atoms with van der Waals surface area (Å²) in [5.41, 5.74) is 5.69. The van der Waals surface area contributed by atoms with Crippen molar-refractivity contribution in [1.29, 1.82) is 0 Å². The van der Waals surface area contributed by atoms with Gasteiger partial charge in [-0.15, -0.1) is 51.5 Å². The predicted octanol–water partition coefficient (Wildman–Crippen LogP) is 6.56. The molecule has 2 aliphatic carbocycles. The van der Waals surface area contributed by atoms with Crippen LogP contribution in [-0.2, 0) is 23.3 Å². The van der Waals surface area contributed by atoms with E-state index in [1.54, 1.807) is 23.3 Å². The van der Waals surface area contributed by atoms with E-state index >= 15 is 0 Å². The summed E-state index contributed by atoms with van der Waals surface area (Å²) in [6.45, 7) is 18.5. The number of hydrogen-bond acceptors (Lipinski definition) is 0. The van der Waals surface area contributed by atoms with Gasteiger partial charge in [0, 0.05) is 0 Å². The van der Waals surface area contributed by atoms with Crippen LogP contribution in [0.25, 0.3) is 0 Å². The summed E-state index contributed by atoms with van der Waals surface area (Å²) in [7, 11) is 0. The van der Waals surface area contributed by atoms with Gasteiger partial charge in [0.25, 0.3) is 0 Å². The van der Waals surface area contributed by atoms with Crippen LogP contribution in [0.2, 0.25) is 0 Å². The molecule has 0 N–H and O–H groups in total. The molecule has 0 heterocycles. The van der Waals surface area contributed by atoms with Crippen molar-refractivity contribution in [3.8, 4) is 0 Å². The molecule has 0 bridgehead atoms. The summed E-state index contributed by atoms with van der Waals surface area (Å²) in [6, 6.07) is 0. The second kappa shape index (κ2) is 28.4. The van der Waals surface area contributed by atoms with Gasteiger partial charge < -0.3 is 12.8 Å². The third-order valence-corrected chi connectivity index (χ3v) is 2.72. The summed E-state index contributed by atoms with van der Waals surface area (Å²) in [4.78, 5) is 0. The standard InChI is InChI=1S/2C7H9.2C3H7.2ClH.H2Si.Zr/c2*1-6-4-3-5-7(6)2;2*1-3-2;;;;/h2*4H,5H2,1-2H3;2*3H,1-2H3;2*1H;1H2;/q4*-1;;;;. The van der Waals surface area contributed by atoms with Crippen molar-refractivity contribution < 1.29 is 23.3 Å². The summed E-state index contributed by atoms with van der Waals surface area (Å²) >= 11 is 1.58. The van der Waals surface area contributed by atoms with Gasteiger partial charge in [0.2, 0.25) is 0 Å². The second-order valence-electron chi connectivity index (χ2n) is 5.13. The zero-order valence-corrected chi connectivity index (χ0v) is 22.3. The first kappa shape index (κ1) is 35.7. The number of hydrogen-bond donors (Lipinski definition) is 0. The molecular formula is C20H36Cl2SiZr-4. The SMILES string of the molecule is CC1=C(C)C[C-]=C1.CC1=C(C)C[C-]=C1.C[CH-]C.C[CH-]C.Cl.Cl.[SiH2]=[Zr]. The van der Waals surface area contributed by atoms with Gasteiger partial charge in [0.15, 0.2) is 0 Å². The molecule has 0 unspecified atom stereocenters. The summed E-state index contributed by atoms with van der Waals surface area (Å²) in [5, 5.41) is 0. The maximum atomic E-state index is 3.12. The van der Waals surface area contributed by atoms with Crippen LogP contribution in [0, 0.1) is 25.0 Å². The van der Waals surface area contributed by atoms with Crippen LogP contribution in [-0.4, -0.2) is 6.88 Å². The van der Waals surface area contributed by atoms with Gasteiger partial charge in [0.1, 0.15) is 0 Å². The average molecular weight is 467 g/mol. The fraction of sp³-hybridized carbons (Fsp3) is 0.500. The van der Waals surface area contributed by atoms with Crippen molar-refractivity contribution in [2.24, 2.45) is 0 Å². The molecule has 0 spiro atoms. The second-order valence-corrected chi connectivity index (χ2v) is 5.13. The van der Waals surface area contributed by atoms with Gasteiger partial charge in [-0.1, -0.05) is 13.8 Å². The van der Waals surface area contributed by atoms with E-state index in [0.717, 1.165) is 12.8 Å². The van der Waals surface area contributed by atoms with Crippen LogP contribution in [0.1, 0.15) is 68.2 Å². The quantitative estimate of drug-likeness (QED) is 0.280. The molecule has 142 valence electrons. The summed E-state index contributed by atoms with van der Waals surface area (Å²) in [6.07, 6.45) is 16.4. The summed E-state index contributed by atoms with van der Waals surface area (Å²) < 4.78 is 0. The summed E-state index contributed by atoms with van der Waals surface area (Å²) in [5.74, 6) is 0. The van der Waals surface area contributed by atoms with Crippen LogP contribution in [0.3, 0.4) is 0 Å². The van der Waals surface area contributed by atoms with Gasteiger partial charge in [-0.2, -0.15) is 38.8 Å². The number of allylic oxidation sites excluding steroid dienone is 8. The van der Waals surface area contributed by atoms with Gasteiger partial charge in [0.05, 0.1) is 0 Å². The van der Waals surface area contributed by atoms with E-state index in [2.05, 4.69) is 52.0 Å². The van der Waals surface area contributed by atoms with Crippen molar-refractivity contribution in [2.75, 3.05) is 0 Å². The molecule has 0 amide bonds. The van der Waals surface area contributed by atoms with Gasteiger partial charge in [-0.3, -0.25) is 12.2 Å². The molecule has 0 nitrogen and oxygen atoms in total. The number of halogens is 2. The Bertz CT molecular complexity index is 347. The molecule has 4 heteroatoms. The van der Waals surface area contributed by atoms with Gasteiger partial charge >= 0.3 is 30.2 Å². The first-order valence-electron chi connectivity index (χ1n) is 7.73. The monoisotopic (exact) mass is 464 g/mol. The maximum absolute atomic E-state index is 3.12. The van der Waals surface area contributed by atoms with Gasteiger partial charge in [-0.25, -0.2) is 23.3 Å². The van der Waals surface area contributed by atoms with E-state index < -0.39 is 0 Å². The van der Waals surface area contributed by atoms with E-state index in [1.807, 2.05) is 47.4 Å². The Morgan fingerprint density at radius 1 is 0.750 bits per heavy atom. The van der Waals surface area contributed by atoms with Crippen molar-refractivity contribution in [1.82, 2.24) is 0 Å². The van der Waals surface area contributed by atoms with Crippen LogP contribution in [0.15, 0.2) is 34.4 Å². The molecule has 0 atom stereocenters. The van der Waals surface area contributed by atoms with Crippen LogP contribution in [0.4, 0.5) is 0 Å². The topological polar surface area (TPSA) is 0 Å². The van der Waals surface area contributed by atoms with Crippen LogP contribution in [0.5, 0.6) is 0 Å². The van der Waals surface area contributed by atoms with E-state index in [-0.39, 0.29) is 24.8 Å². The zero-order valence-electron chi connectivity index (χ0n) is 16.7. The molecule has 0 aromatic carbocycles. The normalized spacial score (nSPS) is 12.8. The van der Waals surface area contributed by atoms with Crippen molar-refractivity contribution in [3.63, 3.8) is 0 Å². The molecule has 0 aliphatic heterocycles. The van der Waals surface area contributed by atoms with Gasteiger partial charge in [-0.05, 0) is 0 Å². The van der Waals surface area contributed by atoms with E-state index in [1.165, 1.54) is 22.3 Å². The van der Waals surface area contributed by atoms with E-state index in [0.29, 0.717) is 0 Å². The molecular weight excluding hydrogens is 430 g/mol. The van der Waals surface area contributed by atoms with Crippen molar-refractivity contribution in [2.45, 2.75) is 68.2 Å². The minimum atomic E-state index is 0. The Kier molecular flexibility index (Phi) is 42.3. The van der Waals surface area contributed by atoms with Crippen molar-refractivity contribution >= 4 is 31.7 Å². The molecule has 0 fully saturated rings. The Hall–Kier alpha value is 0.640. The molecule has 0 saturated carbocycles. The van der Waals surface area contributed by atoms with E-state index in [9.17, 15) is 0 Å². The average Bonchev–Trinajstić information content (AvgIpc) is 3.04. The molecule has 2 rings (SSSR count). The number of rotatable bonds is 0. The zero-order chi connectivity index (χ0) is 18.0. The fourth-order valence-electron chi connectivity index (χ4n) is 1.24. The molecule has 0 aromatic heterocycles. The first-order valence-corrected chi connectivity index (χ1v) is 13.7. The Morgan fingerprint density at radius 3 is 1.00 bits per heavy atom. The van der Waals surface area contributed by atoms with Crippen LogP contribution < -0.4 is 0 Å². The van der Waals surface area contributed by atoms with Crippen molar-refractivity contribution in [3.05, 3.63) is 59.4 Å².